The molecular weight excluding hydrogens is 254 g/mol. The van der Waals surface area contributed by atoms with Crippen molar-refractivity contribution in [1.82, 2.24) is 25.0 Å². The molecule has 1 aliphatic rings. The van der Waals surface area contributed by atoms with E-state index in [1.807, 2.05) is 10.9 Å². The summed E-state index contributed by atoms with van der Waals surface area (Å²) >= 11 is 0. The highest BCUT2D eigenvalue weighted by Crippen LogP contribution is 2.31. The van der Waals surface area contributed by atoms with Crippen LogP contribution in [0.4, 0.5) is 0 Å². The Balaban J connectivity index is 1.71. The number of fused-ring (bicyclic) bond motifs is 1. The van der Waals surface area contributed by atoms with E-state index in [2.05, 4.69) is 41.1 Å². The van der Waals surface area contributed by atoms with Crippen molar-refractivity contribution < 1.29 is 4.74 Å². The van der Waals surface area contributed by atoms with Crippen LogP contribution in [0.5, 0.6) is 0 Å². The van der Waals surface area contributed by atoms with Crippen molar-refractivity contribution in [2.24, 2.45) is 0 Å². The molecule has 6 nitrogen and oxygen atoms in total. The zero-order valence-corrected chi connectivity index (χ0v) is 12.3. The van der Waals surface area contributed by atoms with Crippen LogP contribution in [0, 0.1) is 0 Å². The smallest absolute Gasteiger partial charge is 0.153 e. The molecule has 2 heterocycles. The molecule has 0 fully saturated rings. The summed E-state index contributed by atoms with van der Waals surface area (Å²) in [7, 11) is 0. The van der Waals surface area contributed by atoms with Gasteiger partial charge in [0.15, 0.2) is 5.82 Å². The van der Waals surface area contributed by atoms with Gasteiger partial charge >= 0.3 is 0 Å². The third kappa shape index (κ3) is 2.47. The molecule has 0 saturated heterocycles. The van der Waals surface area contributed by atoms with E-state index in [0.717, 1.165) is 30.8 Å². The van der Waals surface area contributed by atoms with Crippen LogP contribution in [-0.2, 0) is 23.3 Å². The molecule has 1 N–H and O–H groups in total. The van der Waals surface area contributed by atoms with Gasteiger partial charge in [0, 0.05) is 0 Å². The molecule has 1 aliphatic carbocycles. The highest BCUT2D eigenvalue weighted by Gasteiger charge is 2.24. The molecule has 2 aromatic rings. The second-order valence-corrected chi connectivity index (χ2v) is 6.26. The van der Waals surface area contributed by atoms with Gasteiger partial charge in [0.1, 0.15) is 12.9 Å². The van der Waals surface area contributed by atoms with Crippen LogP contribution < -0.4 is 0 Å². The predicted octanol–water partition coefficient (Wildman–Crippen LogP) is 2.35. The number of ether oxygens (including phenoxy) is 1. The predicted molar refractivity (Wildman–Crippen MR) is 74.1 cm³/mol. The van der Waals surface area contributed by atoms with Crippen molar-refractivity contribution in [2.75, 3.05) is 0 Å². The topological polar surface area (TPSA) is 68.6 Å². The summed E-state index contributed by atoms with van der Waals surface area (Å²) < 4.78 is 7.97. The van der Waals surface area contributed by atoms with Crippen LogP contribution in [0.25, 0.3) is 0 Å². The maximum atomic E-state index is 6.05. The Morgan fingerprint density at radius 1 is 1.45 bits per heavy atom. The number of aromatic amines is 1. The van der Waals surface area contributed by atoms with Crippen LogP contribution in [0.1, 0.15) is 56.8 Å². The minimum absolute atomic E-state index is 0.0824. The van der Waals surface area contributed by atoms with Crippen molar-refractivity contribution in [2.45, 2.75) is 58.3 Å². The average Bonchev–Trinajstić information content (AvgIpc) is 3.04. The average molecular weight is 275 g/mol. The summed E-state index contributed by atoms with van der Waals surface area (Å²) in [6.45, 7) is 6.80. The minimum atomic E-state index is -0.0824. The number of nitrogens with zero attached hydrogens (tertiary/aromatic N) is 4. The number of H-pyrrole nitrogens is 1. The Hall–Kier alpha value is -1.69. The molecule has 0 radical (unpaired) electrons. The van der Waals surface area contributed by atoms with E-state index in [4.69, 9.17) is 4.74 Å². The van der Waals surface area contributed by atoms with E-state index < -0.39 is 0 Å². The fourth-order valence-corrected chi connectivity index (χ4v) is 2.69. The number of aromatic nitrogens is 5. The van der Waals surface area contributed by atoms with Gasteiger partial charge in [-0.15, -0.1) is 0 Å². The number of hydrogen-bond donors (Lipinski definition) is 1. The summed E-state index contributed by atoms with van der Waals surface area (Å²) in [6, 6.07) is 0. The van der Waals surface area contributed by atoms with Crippen molar-refractivity contribution in [3.8, 4) is 0 Å². The molecule has 20 heavy (non-hydrogen) atoms. The van der Waals surface area contributed by atoms with Gasteiger partial charge in [0.2, 0.25) is 0 Å². The van der Waals surface area contributed by atoms with Gasteiger partial charge in [0.25, 0.3) is 0 Å². The number of hydrogen-bond acceptors (Lipinski definition) is 4. The monoisotopic (exact) mass is 275 g/mol. The summed E-state index contributed by atoms with van der Waals surface area (Å²) in [5.74, 6) is 0.865. The Kier molecular flexibility index (Phi) is 3.33. The lowest BCUT2D eigenvalue weighted by molar-refractivity contribution is 0.0182. The Morgan fingerprint density at radius 2 is 2.30 bits per heavy atom. The van der Waals surface area contributed by atoms with E-state index in [1.165, 1.54) is 5.56 Å². The van der Waals surface area contributed by atoms with Gasteiger partial charge in [-0.2, -0.15) is 10.2 Å². The van der Waals surface area contributed by atoms with Crippen molar-refractivity contribution in [1.29, 1.82) is 0 Å². The summed E-state index contributed by atoms with van der Waals surface area (Å²) in [4.78, 5) is 4.31. The van der Waals surface area contributed by atoms with E-state index in [9.17, 15) is 0 Å². The van der Waals surface area contributed by atoms with Gasteiger partial charge in [-0.1, -0.05) is 0 Å². The zero-order valence-electron chi connectivity index (χ0n) is 12.3. The molecule has 2 aromatic heterocycles. The van der Waals surface area contributed by atoms with Crippen LogP contribution >= 0.6 is 0 Å². The lowest BCUT2D eigenvalue weighted by atomic mass is 9.96. The molecule has 3 rings (SSSR count). The van der Waals surface area contributed by atoms with Crippen LogP contribution in [0.15, 0.2) is 12.5 Å². The zero-order chi connectivity index (χ0) is 14.2. The van der Waals surface area contributed by atoms with Gasteiger partial charge in [-0.3, -0.25) is 5.10 Å². The highest BCUT2D eigenvalue weighted by molar-refractivity contribution is 5.21. The quantitative estimate of drug-likeness (QED) is 0.933. The lowest BCUT2D eigenvalue weighted by Gasteiger charge is -2.24. The standard InChI is InChI=1S/C14H21N5O/c1-14(2,3)19-12(15-9-17-19)8-20-11-6-4-5-10-7-16-18-13(10)11/h7,9,11H,4-6,8H2,1-3H3,(H,16,18). The fourth-order valence-electron chi connectivity index (χ4n) is 2.69. The van der Waals surface area contributed by atoms with E-state index >= 15 is 0 Å². The van der Waals surface area contributed by atoms with Gasteiger partial charge < -0.3 is 4.74 Å². The molecule has 6 heteroatoms. The van der Waals surface area contributed by atoms with Gasteiger partial charge in [0.05, 0.1) is 23.5 Å². The molecule has 1 atom stereocenters. The molecule has 0 spiro atoms. The van der Waals surface area contributed by atoms with Crippen LogP contribution in [-0.4, -0.2) is 25.0 Å². The largest absolute Gasteiger partial charge is 0.364 e. The van der Waals surface area contributed by atoms with Crippen LogP contribution in [0.3, 0.4) is 0 Å². The second kappa shape index (κ2) is 5.01. The maximum Gasteiger partial charge on any atom is 0.153 e. The number of nitrogens with one attached hydrogen (secondary N) is 1. The van der Waals surface area contributed by atoms with Crippen molar-refractivity contribution in [3.05, 3.63) is 29.6 Å². The molecular formula is C14H21N5O. The van der Waals surface area contributed by atoms with Crippen LogP contribution in [0.2, 0.25) is 0 Å². The molecule has 108 valence electrons. The summed E-state index contributed by atoms with van der Waals surface area (Å²) in [5.41, 5.74) is 2.32. The summed E-state index contributed by atoms with van der Waals surface area (Å²) in [6.07, 6.45) is 6.84. The normalized spacial score (nSPS) is 19.1. The molecule has 0 bridgehead atoms. The molecule has 0 aliphatic heterocycles. The van der Waals surface area contributed by atoms with Gasteiger partial charge in [-0.25, -0.2) is 9.67 Å². The first-order valence-electron chi connectivity index (χ1n) is 7.09. The minimum Gasteiger partial charge on any atom is -0.364 e. The van der Waals surface area contributed by atoms with Crippen molar-refractivity contribution >= 4 is 0 Å². The van der Waals surface area contributed by atoms with E-state index in [0.29, 0.717) is 6.61 Å². The Morgan fingerprint density at radius 3 is 3.10 bits per heavy atom. The lowest BCUT2D eigenvalue weighted by Crippen LogP contribution is -2.26. The third-order valence-electron chi connectivity index (χ3n) is 3.65. The summed E-state index contributed by atoms with van der Waals surface area (Å²) in [5, 5.41) is 11.5. The highest BCUT2D eigenvalue weighted by atomic mass is 16.5. The maximum absolute atomic E-state index is 6.05. The number of rotatable bonds is 3. The second-order valence-electron chi connectivity index (χ2n) is 6.26. The van der Waals surface area contributed by atoms with Crippen molar-refractivity contribution in [3.63, 3.8) is 0 Å². The third-order valence-corrected chi connectivity index (χ3v) is 3.65. The first-order valence-corrected chi connectivity index (χ1v) is 7.09. The fraction of sp³-hybridized carbons (Fsp3) is 0.643. The molecule has 0 amide bonds. The SMILES string of the molecule is CC(C)(C)n1ncnc1COC1CCCc2cn[nH]c21. The molecule has 0 saturated carbocycles. The van der Waals surface area contributed by atoms with E-state index in [1.54, 1.807) is 6.33 Å². The molecule has 0 aromatic carbocycles. The first-order chi connectivity index (χ1) is 9.55. The molecule has 1 unspecified atom stereocenters. The first kappa shape index (κ1) is 13.3. The Labute approximate surface area is 118 Å². The van der Waals surface area contributed by atoms with Gasteiger partial charge in [-0.05, 0) is 45.6 Å². The number of aryl methyl sites for hydroxylation is 1. The van der Waals surface area contributed by atoms with E-state index in [-0.39, 0.29) is 11.6 Å². The Bertz CT molecular complexity index is 580.